The van der Waals surface area contributed by atoms with Crippen molar-refractivity contribution in [2.45, 2.75) is 64.7 Å². The molecule has 0 atom stereocenters. The highest BCUT2D eigenvalue weighted by molar-refractivity contribution is 5.91. The smallest absolute Gasteiger partial charge is 0.224 e. The van der Waals surface area contributed by atoms with E-state index in [1.807, 2.05) is 18.2 Å². The second kappa shape index (κ2) is 6.43. The van der Waals surface area contributed by atoms with E-state index < -0.39 is 0 Å². The first-order valence-corrected chi connectivity index (χ1v) is 7.86. The summed E-state index contributed by atoms with van der Waals surface area (Å²) in [4.78, 5) is 12.2. The highest BCUT2D eigenvalue weighted by Gasteiger charge is 2.20. The Hall–Kier alpha value is -1.31. The van der Waals surface area contributed by atoms with E-state index in [-0.39, 0.29) is 11.3 Å². The van der Waals surface area contributed by atoms with Crippen LogP contribution in [-0.2, 0) is 10.2 Å². The van der Waals surface area contributed by atoms with Gasteiger partial charge in [0.1, 0.15) is 0 Å². The van der Waals surface area contributed by atoms with E-state index in [0.717, 1.165) is 5.69 Å². The van der Waals surface area contributed by atoms with Gasteiger partial charge in [0.05, 0.1) is 0 Å². The van der Waals surface area contributed by atoms with Gasteiger partial charge in [0.2, 0.25) is 5.91 Å². The topological polar surface area (TPSA) is 29.1 Å². The number of anilines is 1. The molecule has 1 fully saturated rings. The van der Waals surface area contributed by atoms with Crippen LogP contribution in [0.15, 0.2) is 24.3 Å². The summed E-state index contributed by atoms with van der Waals surface area (Å²) in [7, 11) is 0. The first-order valence-electron chi connectivity index (χ1n) is 7.86. The molecule has 110 valence electrons. The Kier molecular flexibility index (Phi) is 4.85. The molecule has 1 N–H and O–H groups in total. The Morgan fingerprint density at radius 1 is 1.15 bits per heavy atom. The molecule has 0 saturated heterocycles. The van der Waals surface area contributed by atoms with Gasteiger partial charge in [-0.25, -0.2) is 0 Å². The van der Waals surface area contributed by atoms with Gasteiger partial charge in [0.15, 0.2) is 0 Å². The van der Waals surface area contributed by atoms with Crippen LogP contribution >= 0.6 is 0 Å². The lowest BCUT2D eigenvalue weighted by molar-refractivity contribution is -0.117. The fourth-order valence-electron chi connectivity index (χ4n) is 3.10. The summed E-state index contributed by atoms with van der Waals surface area (Å²) in [6.45, 7) is 6.54. The van der Waals surface area contributed by atoms with Crippen LogP contribution in [0.5, 0.6) is 0 Å². The average molecular weight is 273 g/mol. The zero-order valence-electron chi connectivity index (χ0n) is 13.0. The first-order chi connectivity index (χ1) is 9.47. The number of hydrogen-bond donors (Lipinski definition) is 1. The monoisotopic (exact) mass is 273 g/mol. The number of hydrogen-bond acceptors (Lipinski definition) is 1. The van der Waals surface area contributed by atoms with Gasteiger partial charge in [-0.15, -0.1) is 0 Å². The summed E-state index contributed by atoms with van der Waals surface area (Å²) < 4.78 is 0. The Bertz CT molecular complexity index is 453. The quantitative estimate of drug-likeness (QED) is 0.834. The van der Waals surface area contributed by atoms with Gasteiger partial charge in [-0.3, -0.25) is 4.79 Å². The molecule has 2 heteroatoms. The number of rotatable bonds is 3. The molecule has 1 aromatic carbocycles. The van der Waals surface area contributed by atoms with Crippen molar-refractivity contribution >= 4 is 11.6 Å². The lowest BCUT2D eigenvalue weighted by atomic mass is 9.85. The van der Waals surface area contributed by atoms with Crippen molar-refractivity contribution < 1.29 is 4.79 Å². The number of para-hydroxylation sites is 1. The highest BCUT2D eigenvalue weighted by Crippen LogP contribution is 2.30. The van der Waals surface area contributed by atoms with E-state index in [0.29, 0.717) is 12.3 Å². The fraction of sp³-hybridized carbons (Fsp3) is 0.611. The van der Waals surface area contributed by atoms with Crippen molar-refractivity contribution in [3.05, 3.63) is 29.8 Å². The third-order valence-electron chi connectivity index (χ3n) is 4.21. The molecule has 1 saturated carbocycles. The molecule has 1 amide bonds. The van der Waals surface area contributed by atoms with Crippen LogP contribution in [0, 0.1) is 5.92 Å². The SMILES string of the molecule is CC(C)(C)c1ccccc1NC(=O)CC1CCCCC1. The van der Waals surface area contributed by atoms with Gasteiger partial charge in [-0.1, -0.05) is 58.2 Å². The average Bonchev–Trinajstić information content (AvgIpc) is 2.39. The van der Waals surface area contributed by atoms with E-state index in [2.05, 4.69) is 32.2 Å². The molecule has 2 rings (SSSR count). The number of amides is 1. The van der Waals surface area contributed by atoms with Crippen LogP contribution in [0.1, 0.15) is 64.9 Å². The maximum atomic E-state index is 12.2. The predicted octanol–water partition coefficient (Wildman–Crippen LogP) is 4.89. The molecule has 0 heterocycles. The molecule has 0 spiro atoms. The Morgan fingerprint density at radius 3 is 2.45 bits per heavy atom. The van der Waals surface area contributed by atoms with E-state index in [4.69, 9.17) is 0 Å². The van der Waals surface area contributed by atoms with E-state index in [9.17, 15) is 4.79 Å². The summed E-state index contributed by atoms with van der Waals surface area (Å²) in [6, 6.07) is 8.15. The van der Waals surface area contributed by atoms with Gasteiger partial charge in [0.25, 0.3) is 0 Å². The van der Waals surface area contributed by atoms with Crippen molar-refractivity contribution in [3.8, 4) is 0 Å². The number of benzene rings is 1. The van der Waals surface area contributed by atoms with E-state index in [1.54, 1.807) is 0 Å². The summed E-state index contributed by atoms with van der Waals surface area (Å²) in [5, 5.41) is 3.13. The Morgan fingerprint density at radius 2 is 1.80 bits per heavy atom. The van der Waals surface area contributed by atoms with Crippen molar-refractivity contribution in [1.29, 1.82) is 0 Å². The second-order valence-corrected chi connectivity index (χ2v) is 7.05. The van der Waals surface area contributed by atoms with Crippen molar-refractivity contribution in [3.63, 3.8) is 0 Å². The fourth-order valence-corrected chi connectivity index (χ4v) is 3.10. The predicted molar refractivity (Wildman–Crippen MR) is 85.0 cm³/mol. The lowest BCUT2D eigenvalue weighted by Gasteiger charge is -2.24. The molecule has 0 radical (unpaired) electrons. The van der Waals surface area contributed by atoms with Crippen LogP contribution in [0.4, 0.5) is 5.69 Å². The Labute approximate surface area is 123 Å². The maximum absolute atomic E-state index is 12.2. The molecule has 1 aliphatic carbocycles. The maximum Gasteiger partial charge on any atom is 0.224 e. The molecular formula is C18H27NO. The van der Waals surface area contributed by atoms with Crippen molar-refractivity contribution in [2.24, 2.45) is 5.92 Å². The summed E-state index contributed by atoms with van der Waals surface area (Å²) in [5.74, 6) is 0.763. The second-order valence-electron chi connectivity index (χ2n) is 7.05. The minimum Gasteiger partial charge on any atom is -0.326 e. The van der Waals surface area contributed by atoms with Gasteiger partial charge in [-0.05, 0) is 35.8 Å². The van der Waals surface area contributed by atoms with Crippen LogP contribution in [-0.4, -0.2) is 5.91 Å². The molecule has 0 aliphatic heterocycles. The molecule has 20 heavy (non-hydrogen) atoms. The molecule has 0 aromatic heterocycles. The first kappa shape index (κ1) is 15.1. The minimum atomic E-state index is 0.0503. The van der Waals surface area contributed by atoms with E-state index in [1.165, 1.54) is 37.7 Å². The molecule has 1 aromatic rings. The van der Waals surface area contributed by atoms with Gasteiger partial charge >= 0.3 is 0 Å². The van der Waals surface area contributed by atoms with Gasteiger partial charge in [0, 0.05) is 12.1 Å². The highest BCUT2D eigenvalue weighted by atomic mass is 16.1. The van der Waals surface area contributed by atoms with Crippen molar-refractivity contribution in [1.82, 2.24) is 0 Å². The zero-order valence-corrected chi connectivity index (χ0v) is 13.0. The number of carbonyl (C=O) groups is 1. The standard InChI is InChI=1S/C18H27NO/c1-18(2,3)15-11-7-8-12-16(15)19-17(20)13-14-9-5-4-6-10-14/h7-8,11-12,14H,4-6,9-10,13H2,1-3H3,(H,19,20). The number of nitrogens with one attached hydrogen (secondary N) is 1. The summed E-state index contributed by atoms with van der Waals surface area (Å²) in [5.41, 5.74) is 2.23. The van der Waals surface area contributed by atoms with Crippen molar-refractivity contribution in [2.75, 3.05) is 5.32 Å². The lowest BCUT2D eigenvalue weighted by Crippen LogP contribution is -2.21. The van der Waals surface area contributed by atoms with Gasteiger partial charge < -0.3 is 5.32 Å². The Balaban J connectivity index is 2.00. The summed E-state index contributed by atoms with van der Waals surface area (Å²) >= 11 is 0. The number of carbonyl (C=O) groups excluding carboxylic acids is 1. The molecule has 0 unspecified atom stereocenters. The van der Waals surface area contributed by atoms with Crippen LogP contribution in [0.3, 0.4) is 0 Å². The normalized spacial score (nSPS) is 16.9. The summed E-state index contributed by atoms with van der Waals surface area (Å²) in [6.07, 6.45) is 7.03. The molecular weight excluding hydrogens is 246 g/mol. The molecule has 0 bridgehead atoms. The van der Waals surface area contributed by atoms with Crippen LogP contribution in [0.25, 0.3) is 0 Å². The molecule has 1 aliphatic rings. The third-order valence-corrected chi connectivity index (χ3v) is 4.21. The van der Waals surface area contributed by atoms with E-state index >= 15 is 0 Å². The molecule has 2 nitrogen and oxygen atoms in total. The van der Waals surface area contributed by atoms with Gasteiger partial charge in [-0.2, -0.15) is 0 Å². The van der Waals surface area contributed by atoms with Crippen LogP contribution in [0.2, 0.25) is 0 Å². The van der Waals surface area contributed by atoms with Crippen LogP contribution < -0.4 is 5.32 Å². The third kappa shape index (κ3) is 4.09. The minimum absolute atomic E-state index is 0.0503. The zero-order chi connectivity index (χ0) is 14.6. The largest absolute Gasteiger partial charge is 0.326 e.